The second-order valence-corrected chi connectivity index (χ2v) is 4.01. The fraction of sp³-hybridized carbons (Fsp3) is 0.417. The summed E-state index contributed by atoms with van der Waals surface area (Å²) < 4.78 is 0. The van der Waals surface area contributed by atoms with E-state index in [9.17, 15) is 9.90 Å². The predicted octanol–water partition coefficient (Wildman–Crippen LogP) is -1.65. The molecule has 0 aromatic heterocycles. The Kier molecular flexibility index (Phi) is 5.57. The largest absolute Gasteiger partial charge is 1.00 e. The molecule has 0 bridgehead atoms. The molecule has 0 aliphatic rings. The van der Waals surface area contributed by atoms with Gasteiger partial charge in [0, 0.05) is 5.41 Å². The third kappa shape index (κ3) is 2.83. The average molecular weight is 214 g/mol. The third-order valence-electron chi connectivity index (χ3n) is 2.95. The first-order valence-electron chi connectivity index (χ1n) is 4.76. The van der Waals surface area contributed by atoms with E-state index in [2.05, 4.69) is 0 Å². The first-order chi connectivity index (χ1) is 6.49. The van der Waals surface area contributed by atoms with Gasteiger partial charge in [0.1, 0.15) is 0 Å². The van der Waals surface area contributed by atoms with Crippen molar-refractivity contribution >= 4 is 5.97 Å². The van der Waals surface area contributed by atoms with Crippen molar-refractivity contribution in [1.82, 2.24) is 0 Å². The molecule has 0 N–H and O–H groups in total. The first-order valence-corrected chi connectivity index (χ1v) is 4.76. The molecular weight excluding hydrogens is 199 g/mol. The Bertz CT molecular complexity index is 322. The summed E-state index contributed by atoms with van der Waals surface area (Å²) in [5, 5.41) is 11.2. The smallest absolute Gasteiger partial charge is 0.549 e. The fourth-order valence-corrected chi connectivity index (χ4v) is 1.47. The van der Waals surface area contributed by atoms with E-state index in [0.717, 1.165) is 5.56 Å². The average Bonchev–Trinajstić information content (AvgIpc) is 2.17. The van der Waals surface area contributed by atoms with Crippen LogP contribution >= 0.6 is 0 Å². The van der Waals surface area contributed by atoms with Gasteiger partial charge in [0.15, 0.2) is 0 Å². The molecule has 0 saturated carbocycles. The van der Waals surface area contributed by atoms with Crippen LogP contribution < -0.4 is 34.7 Å². The van der Waals surface area contributed by atoms with Gasteiger partial charge in [-0.2, -0.15) is 0 Å². The zero-order chi connectivity index (χ0) is 10.8. The van der Waals surface area contributed by atoms with Gasteiger partial charge in [-0.25, -0.2) is 0 Å². The maximum atomic E-state index is 11.2. The minimum atomic E-state index is -1.02. The Hall–Kier alpha value is -0.310. The molecule has 3 heteroatoms. The van der Waals surface area contributed by atoms with E-state index in [-0.39, 0.29) is 35.5 Å². The molecule has 0 aliphatic carbocycles. The Balaban J connectivity index is 0.00000196. The summed E-state index contributed by atoms with van der Waals surface area (Å²) in [6, 6.07) is 9.23. The molecule has 2 nitrogen and oxygen atoms in total. The van der Waals surface area contributed by atoms with E-state index in [1.54, 1.807) is 6.92 Å². The number of aliphatic carboxylic acids is 1. The molecular formula is C12H15NaO2. The van der Waals surface area contributed by atoms with Crippen LogP contribution in [-0.2, 0) is 10.2 Å². The zero-order valence-corrected chi connectivity index (χ0v) is 11.8. The molecule has 1 rings (SSSR count). The quantitative estimate of drug-likeness (QED) is 0.566. The SMILES string of the molecule is CC(C)C(C)(C(=O)[O-])c1ccccc1.[Na+]. The monoisotopic (exact) mass is 214 g/mol. The van der Waals surface area contributed by atoms with Crippen LogP contribution in [0.2, 0.25) is 0 Å². The van der Waals surface area contributed by atoms with E-state index in [1.807, 2.05) is 44.2 Å². The topological polar surface area (TPSA) is 40.1 Å². The maximum Gasteiger partial charge on any atom is 1.00 e. The number of hydrogen-bond acceptors (Lipinski definition) is 2. The minimum absolute atomic E-state index is 0. The molecule has 0 amide bonds. The molecule has 0 radical (unpaired) electrons. The molecule has 0 spiro atoms. The number of carboxylic acids is 1. The van der Waals surface area contributed by atoms with Gasteiger partial charge < -0.3 is 9.90 Å². The minimum Gasteiger partial charge on any atom is -0.549 e. The van der Waals surface area contributed by atoms with Crippen LogP contribution in [0, 0.1) is 5.92 Å². The van der Waals surface area contributed by atoms with Crippen LogP contribution in [0.1, 0.15) is 26.3 Å². The molecule has 1 aromatic rings. The molecule has 1 atom stereocenters. The van der Waals surface area contributed by atoms with E-state index in [0.29, 0.717) is 0 Å². The number of benzene rings is 1. The van der Waals surface area contributed by atoms with Gasteiger partial charge in [0.2, 0.25) is 0 Å². The number of carbonyl (C=O) groups is 1. The fourth-order valence-electron chi connectivity index (χ4n) is 1.47. The predicted molar refractivity (Wildman–Crippen MR) is 53.6 cm³/mol. The van der Waals surface area contributed by atoms with Gasteiger partial charge in [0.05, 0.1) is 5.97 Å². The van der Waals surface area contributed by atoms with Crippen molar-refractivity contribution in [3.8, 4) is 0 Å². The molecule has 0 heterocycles. The molecule has 1 unspecified atom stereocenters. The third-order valence-corrected chi connectivity index (χ3v) is 2.95. The van der Waals surface area contributed by atoms with Crippen molar-refractivity contribution in [1.29, 1.82) is 0 Å². The zero-order valence-electron chi connectivity index (χ0n) is 9.78. The number of carbonyl (C=O) groups excluding carboxylic acids is 1. The maximum absolute atomic E-state index is 11.2. The van der Waals surface area contributed by atoms with Gasteiger partial charge in [-0.15, -0.1) is 0 Å². The van der Waals surface area contributed by atoms with Crippen LogP contribution in [0.3, 0.4) is 0 Å². The van der Waals surface area contributed by atoms with Crippen LogP contribution in [-0.4, -0.2) is 5.97 Å². The Morgan fingerprint density at radius 2 is 1.73 bits per heavy atom. The second-order valence-electron chi connectivity index (χ2n) is 4.01. The summed E-state index contributed by atoms with van der Waals surface area (Å²) in [6.07, 6.45) is 0. The standard InChI is InChI=1S/C12H16O2.Na/c1-9(2)12(3,11(13)14)10-7-5-4-6-8-10;/h4-9H,1-3H3,(H,13,14);/q;+1/p-1. The molecule has 76 valence electrons. The van der Waals surface area contributed by atoms with Gasteiger partial charge >= 0.3 is 29.6 Å². The van der Waals surface area contributed by atoms with E-state index in [1.165, 1.54) is 0 Å². The van der Waals surface area contributed by atoms with Crippen molar-refractivity contribution in [2.45, 2.75) is 26.2 Å². The van der Waals surface area contributed by atoms with Crippen molar-refractivity contribution < 1.29 is 39.5 Å². The van der Waals surface area contributed by atoms with Gasteiger partial charge in [-0.05, 0) is 18.4 Å². The normalized spacial score (nSPS) is 14.1. The Morgan fingerprint density at radius 3 is 2.07 bits per heavy atom. The van der Waals surface area contributed by atoms with Crippen molar-refractivity contribution in [3.05, 3.63) is 35.9 Å². The van der Waals surface area contributed by atoms with E-state index in [4.69, 9.17) is 0 Å². The summed E-state index contributed by atoms with van der Waals surface area (Å²) in [5.41, 5.74) is -0.101. The van der Waals surface area contributed by atoms with Crippen LogP contribution in [0.4, 0.5) is 0 Å². The van der Waals surface area contributed by atoms with Crippen molar-refractivity contribution in [3.63, 3.8) is 0 Å². The summed E-state index contributed by atoms with van der Waals surface area (Å²) in [4.78, 5) is 11.2. The summed E-state index contributed by atoms with van der Waals surface area (Å²) in [6.45, 7) is 5.49. The summed E-state index contributed by atoms with van der Waals surface area (Å²) in [7, 11) is 0. The molecule has 0 fully saturated rings. The van der Waals surface area contributed by atoms with E-state index < -0.39 is 11.4 Å². The Morgan fingerprint density at radius 1 is 1.27 bits per heavy atom. The van der Waals surface area contributed by atoms with Crippen LogP contribution in [0.5, 0.6) is 0 Å². The van der Waals surface area contributed by atoms with Crippen molar-refractivity contribution in [2.75, 3.05) is 0 Å². The number of rotatable bonds is 3. The van der Waals surface area contributed by atoms with Gasteiger partial charge in [-0.1, -0.05) is 44.2 Å². The van der Waals surface area contributed by atoms with Gasteiger partial charge in [0.25, 0.3) is 0 Å². The first kappa shape index (κ1) is 14.7. The second kappa shape index (κ2) is 5.69. The number of carboxylic acid groups (broad SMARTS) is 1. The molecule has 0 aliphatic heterocycles. The van der Waals surface area contributed by atoms with Crippen LogP contribution in [0.25, 0.3) is 0 Å². The summed E-state index contributed by atoms with van der Waals surface area (Å²) >= 11 is 0. The van der Waals surface area contributed by atoms with Crippen molar-refractivity contribution in [2.24, 2.45) is 5.92 Å². The van der Waals surface area contributed by atoms with Gasteiger partial charge in [-0.3, -0.25) is 0 Å². The Labute approximate surface area is 113 Å². The summed E-state index contributed by atoms with van der Waals surface area (Å²) in [5.74, 6) is -1.01. The number of hydrogen-bond donors (Lipinski definition) is 0. The molecule has 1 aromatic carbocycles. The van der Waals surface area contributed by atoms with E-state index >= 15 is 0 Å². The molecule has 15 heavy (non-hydrogen) atoms. The van der Waals surface area contributed by atoms with Crippen LogP contribution in [0.15, 0.2) is 30.3 Å². The molecule has 0 saturated heterocycles.